The molecule has 3 rings (SSSR count). The highest BCUT2D eigenvalue weighted by Gasteiger charge is 2.23. The zero-order valence-corrected chi connectivity index (χ0v) is 15.1. The van der Waals surface area contributed by atoms with Crippen LogP contribution in [0, 0.1) is 5.92 Å². The van der Waals surface area contributed by atoms with Crippen LogP contribution >= 0.6 is 11.3 Å². The fourth-order valence-corrected chi connectivity index (χ4v) is 3.54. The summed E-state index contributed by atoms with van der Waals surface area (Å²) in [5.74, 6) is 0.354. The predicted molar refractivity (Wildman–Crippen MR) is 97.0 cm³/mol. The maximum absolute atomic E-state index is 12.2. The highest BCUT2D eigenvalue weighted by Crippen LogP contribution is 2.19. The third-order valence-electron chi connectivity index (χ3n) is 3.83. The Kier molecular flexibility index (Phi) is 5.33. The summed E-state index contributed by atoms with van der Waals surface area (Å²) >= 11 is 1.52. The normalized spacial score (nSPS) is 14.0. The number of amides is 2. The van der Waals surface area contributed by atoms with Gasteiger partial charge in [0, 0.05) is 24.0 Å². The van der Waals surface area contributed by atoms with Gasteiger partial charge in [-0.05, 0) is 23.6 Å². The molecule has 1 saturated heterocycles. The van der Waals surface area contributed by atoms with E-state index in [1.807, 2.05) is 24.3 Å². The summed E-state index contributed by atoms with van der Waals surface area (Å²) in [7, 11) is 0. The number of anilines is 1. The van der Waals surface area contributed by atoms with E-state index in [9.17, 15) is 9.59 Å². The molecule has 6 nitrogen and oxygen atoms in total. The molecule has 1 fully saturated rings. The van der Waals surface area contributed by atoms with Crippen LogP contribution in [0.25, 0.3) is 0 Å². The van der Waals surface area contributed by atoms with E-state index in [4.69, 9.17) is 4.74 Å². The zero-order valence-electron chi connectivity index (χ0n) is 14.3. The third kappa shape index (κ3) is 4.36. The minimum atomic E-state index is -0.318. The lowest BCUT2D eigenvalue weighted by Crippen LogP contribution is -2.24. The number of rotatable bonds is 6. The average Bonchev–Trinajstić information content (AvgIpc) is 3.22. The smallest absolute Gasteiger partial charge is 0.414 e. The number of nitrogens with zero attached hydrogens (tertiary/aromatic N) is 2. The van der Waals surface area contributed by atoms with Crippen LogP contribution in [0.15, 0.2) is 29.6 Å². The van der Waals surface area contributed by atoms with Gasteiger partial charge >= 0.3 is 6.09 Å². The van der Waals surface area contributed by atoms with Crippen LogP contribution in [0.3, 0.4) is 0 Å². The molecule has 25 heavy (non-hydrogen) atoms. The van der Waals surface area contributed by atoms with E-state index in [0.717, 1.165) is 22.7 Å². The summed E-state index contributed by atoms with van der Waals surface area (Å²) in [5.41, 5.74) is 2.23. The van der Waals surface area contributed by atoms with Gasteiger partial charge in [-0.1, -0.05) is 26.0 Å². The van der Waals surface area contributed by atoms with E-state index in [1.165, 1.54) is 11.3 Å². The van der Waals surface area contributed by atoms with Crippen molar-refractivity contribution in [2.24, 2.45) is 5.92 Å². The summed E-state index contributed by atoms with van der Waals surface area (Å²) < 4.78 is 4.93. The molecule has 2 aromatic rings. The van der Waals surface area contributed by atoms with E-state index in [0.29, 0.717) is 31.3 Å². The zero-order chi connectivity index (χ0) is 17.8. The van der Waals surface area contributed by atoms with Gasteiger partial charge in [-0.2, -0.15) is 0 Å². The van der Waals surface area contributed by atoms with Crippen molar-refractivity contribution in [3.05, 3.63) is 45.9 Å². The second-order valence-electron chi connectivity index (χ2n) is 6.34. The van der Waals surface area contributed by atoms with Crippen molar-refractivity contribution < 1.29 is 14.3 Å². The van der Waals surface area contributed by atoms with Gasteiger partial charge in [0.1, 0.15) is 12.3 Å². The van der Waals surface area contributed by atoms with Crippen LogP contribution in [0.2, 0.25) is 0 Å². The maximum atomic E-state index is 12.2. The molecule has 1 aliphatic heterocycles. The summed E-state index contributed by atoms with van der Waals surface area (Å²) in [5, 5.41) is 5.67. The fourth-order valence-electron chi connectivity index (χ4n) is 2.55. The summed E-state index contributed by atoms with van der Waals surface area (Å²) in [6, 6.07) is 7.51. The number of benzene rings is 1. The van der Waals surface area contributed by atoms with Crippen LogP contribution in [-0.4, -0.2) is 30.1 Å². The molecule has 1 aromatic carbocycles. The number of cyclic esters (lactones) is 1. The highest BCUT2D eigenvalue weighted by atomic mass is 32.1. The highest BCUT2D eigenvalue weighted by molar-refractivity contribution is 7.09. The van der Waals surface area contributed by atoms with Gasteiger partial charge in [0.25, 0.3) is 5.91 Å². The first-order chi connectivity index (χ1) is 12.0. The molecule has 0 bridgehead atoms. The van der Waals surface area contributed by atoms with Crippen LogP contribution in [-0.2, 0) is 17.7 Å². The van der Waals surface area contributed by atoms with Gasteiger partial charge < -0.3 is 10.1 Å². The van der Waals surface area contributed by atoms with E-state index < -0.39 is 0 Å². The van der Waals surface area contributed by atoms with Gasteiger partial charge in [0.2, 0.25) is 0 Å². The molecule has 0 aliphatic carbocycles. The predicted octanol–water partition coefficient (Wildman–Crippen LogP) is 3.23. The van der Waals surface area contributed by atoms with Crippen molar-refractivity contribution in [2.75, 3.05) is 18.1 Å². The SMILES string of the molecule is CC(C)Cc1nc(C(=O)NCc2ccc(N3CCOC3=O)cc2)cs1. The molecule has 0 atom stereocenters. The molecule has 2 amide bonds. The first-order valence-electron chi connectivity index (χ1n) is 8.29. The molecule has 0 unspecified atom stereocenters. The van der Waals surface area contributed by atoms with Crippen molar-refractivity contribution in [3.63, 3.8) is 0 Å². The van der Waals surface area contributed by atoms with E-state index in [2.05, 4.69) is 24.1 Å². The minimum absolute atomic E-state index is 0.168. The number of hydrogen-bond acceptors (Lipinski definition) is 5. The molecule has 1 N–H and O–H groups in total. The minimum Gasteiger partial charge on any atom is -0.447 e. The molecule has 0 spiro atoms. The molecule has 0 saturated carbocycles. The largest absolute Gasteiger partial charge is 0.447 e. The lowest BCUT2D eigenvalue weighted by molar-refractivity contribution is 0.0946. The first kappa shape index (κ1) is 17.4. The van der Waals surface area contributed by atoms with Crippen LogP contribution in [0.1, 0.15) is 34.9 Å². The Labute approximate surface area is 150 Å². The number of nitrogens with one attached hydrogen (secondary N) is 1. The van der Waals surface area contributed by atoms with Crippen LogP contribution in [0.4, 0.5) is 10.5 Å². The Morgan fingerprint density at radius 1 is 1.36 bits per heavy atom. The van der Waals surface area contributed by atoms with Crippen LogP contribution in [0.5, 0.6) is 0 Å². The lowest BCUT2D eigenvalue weighted by atomic mass is 10.1. The van der Waals surface area contributed by atoms with E-state index in [1.54, 1.807) is 10.3 Å². The van der Waals surface area contributed by atoms with Gasteiger partial charge in [-0.3, -0.25) is 9.69 Å². The summed E-state index contributed by atoms with van der Waals surface area (Å²) in [6.45, 7) is 5.67. The topological polar surface area (TPSA) is 71.5 Å². The number of aromatic nitrogens is 1. The van der Waals surface area contributed by atoms with Gasteiger partial charge in [0.15, 0.2) is 0 Å². The number of ether oxygens (including phenoxy) is 1. The second-order valence-corrected chi connectivity index (χ2v) is 7.28. The molecular weight excluding hydrogens is 338 g/mol. The summed E-state index contributed by atoms with van der Waals surface area (Å²) in [6.07, 6.45) is 0.569. The molecule has 132 valence electrons. The standard InChI is InChI=1S/C18H21N3O3S/c1-12(2)9-16-20-15(11-25-16)17(22)19-10-13-3-5-14(6-4-13)21-7-8-24-18(21)23/h3-6,11-12H,7-10H2,1-2H3,(H,19,22). The molecule has 1 aromatic heterocycles. The van der Waals surface area contributed by atoms with Crippen LogP contribution < -0.4 is 10.2 Å². The Balaban J connectivity index is 1.55. The number of thiazole rings is 1. The van der Waals surface area contributed by atoms with Gasteiger partial charge in [-0.25, -0.2) is 9.78 Å². The second kappa shape index (κ2) is 7.65. The number of carbonyl (C=O) groups is 2. The van der Waals surface area contributed by atoms with E-state index >= 15 is 0 Å². The monoisotopic (exact) mass is 359 g/mol. The summed E-state index contributed by atoms with van der Waals surface area (Å²) in [4.78, 5) is 29.7. The van der Waals surface area contributed by atoms with Crippen molar-refractivity contribution >= 4 is 29.0 Å². The van der Waals surface area contributed by atoms with Crippen molar-refractivity contribution in [2.45, 2.75) is 26.8 Å². The Hall–Kier alpha value is -2.41. The van der Waals surface area contributed by atoms with Crippen molar-refractivity contribution in [3.8, 4) is 0 Å². The Morgan fingerprint density at radius 2 is 2.12 bits per heavy atom. The average molecular weight is 359 g/mol. The Bertz CT molecular complexity index is 755. The van der Waals surface area contributed by atoms with Crippen molar-refractivity contribution in [1.82, 2.24) is 10.3 Å². The van der Waals surface area contributed by atoms with Gasteiger partial charge in [0.05, 0.1) is 11.6 Å². The molecule has 7 heteroatoms. The Morgan fingerprint density at radius 3 is 2.76 bits per heavy atom. The quantitative estimate of drug-likeness (QED) is 0.859. The molecule has 1 aliphatic rings. The number of hydrogen-bond donors (Lipinski definition) is 1. The molecular formula is C18H21N3O3S. The maximum Gasteiger partial charge on any atom is 0.414 e. The first-order valence-corrected chi connectivity index (χ1v) is 9.16. The van der Waals surface area contributed by atoms with Crippen molar-refractivity contribution in [1.29, 1.82) is 0 Å². The molecule has 0 radical (unpaired) electrons. The number of carbonyl (C=O) groups excluding carboxylic acids is 2. The van der Waals surface area contributed by atoms with Gasteiger partial charge in [-0.15, -0.1) is 11.3 Å². The lowest BCUT2D eigenvalue weighted by Gasteiger charge is -2.13. The van der Waals surface area contributed by atoms with E-state index in [-0.39, 0.29) is 12.0 Å². The fraction of sp³-hybridized carbons (Fsp3) is 0.389. The third-order valence-corrected chi connectivity index (χ3v) is 4.70. The molecule has 2 heterocycles.